The summed E-state index contributed by atoms with van der Waals surface area (Å²) >= 11 is 0. The van der Waals surface area contributed by atoms with Crippen LogP contribution in [0.25, 0.3) is 0 Å². The predicted molar refractivity (Wildman–Crippen MR) is 100 cm³/mol. The summed E-state index contributed by atoms with van der Waals surface area (Å²) in [5.41, 5.74) is 3.62. The zero-order valence-electron chi connectivity index (χ0n) is 15.7. The molecule has 1 aromatic carbocycles. The van der Waals surface area contributed by atoms with Crippen molar-refractivity contribution in [1.29, 1.82) is 0 Å². The number of aliphatic hydroxyl groups excluding tert-OH is 1. The number of aliphatic hydroxyl groups is 1. The van der Waals surface area contributed by atoms with E-state index in [9.17, 15) is 14.0 Å². The van der Waals surface area contributed by atoms with Gasteiger partial charge in [0.25, 0.3) is 0 Å². The van der Waals surface area contributed by atoms with Crippen molar-refractivity contribution in [2.24, 2.45) is 0 Å². The molecule has 0 radical (unpaired) electrons. The molecule has 0 saturated carbocycles. The Bertz CT molecular complexity index is 873. The van der Waals surface area contributed by atoms with E-state index in [2.05, 4.69) is 5.32 Å². The third-order valence-corrected chi connectivity index (χ3v) is 5.16. The van der Waals surface area contributed by atoms with Gasteiger partial charge in [-0.3, -0.25) is 9.59 Å². The number of nitrogens with zero attached hydrogens (tertiary/aromatic N) is 1. The van der Waals surface area contributed by atoms with E-state index in [0.717, 1.165) is 24.2 Å². The SMILES string of the molecule is Cc1c(CC(=O)N[C@@H](C)CO)c2c(n1Cc1ccccc1F)CCCC2=O. The summed E-state index contributed by atoms with van der Waals surface area (Å²) in [5.74, 6) is -0.467. The number of rotatable bonds is 6. The number of amides is 1. The van der Waals surface area contributed by atoms with Crippen LogP contribution in [0.1, 0.15) is 52.6 Å². The minimum absolute atomic E-state index is 0.0460. The minimum atomic E-state index is -0.343. The molecule has 5 nitrogen and oxygen atoms in total. The standard InChI is InChI=1S/C21H25FN2O3/c1-13(12-25)23-20(27)10-16-14(2)24(11-15-6-3-4-7-17(15)22)18-8-5-9-19(26)21(16)18/h3-4,6-7,13,25H,5,8-12H2,1-2H3,(H,23,27)/t13-/m0/s1. The second kappa shape index (κ2) is 8.05. The van der Waals surface area contributed by atoms with Gasteiger partial charge in [0.05, 0.1) is 19.6 Å². The second-order valence-corrected chi connectivity index (χ2v) is 7.17. The van der Waals surface area contributed by atoms with Crippen LogP contribution < -0.4 is 5.32 Å². The Balaban J connectivity index is 1.99. The van der Waals surface area contributed by atoms with Gasteiger partial charge in [-0.2, -0.15) is 0 Å². The van der Waals surface area contributed by atoms with E-state index < -0.39 is 0 Å². The van der Waals surface area contributed by atoms with Crippen molar-refractivity contribution in [3.05, 3.63) is 58.2 Å². The first kappa shape index (κ1) is 19.3. The highest BCUT2D eigenvalue weighted by molar-refractivity contribution is 6.01. The minimum Gasteiger partial charge on any atom is -0.394 e. The zero-order valence-corrected chi connectivity index (χ0v) is 15.7. The van der Waals surface area contributed by atoms with Gasteiger partial charge in [0.1, 0.15) is 5.82 Å². The molecule has 0 saturated heterocycles. The molecular weight excluding hydrogens is 347 g/mol. The molecule has 2 aromatic rings. The third-order valence-electron chi connectivity index (χ3n) is 5.16. The van der Waals surface area contributed by atoms with E-state index in [4.69, 9.17) is 5.11 Å². The number of halogens is 1. The molecule has 27 heavy (non-hydrogen) atoms. The maximum Gasteiger partial charge on any atom is 0.224 e. The second-order valence-electron chi connectivity index (χ2n) is 7.17. The zero-order chi connectivity index (χ0) is 19.6. The molecule has 1 aliphatic rings. The number of carbonyl (C=O) groups excluding carboxylic acids is 2. The fourth-order valence-corrected chi connectivity index (χ4v) is 3.75. The number of aromatic nitrogens is 1. The van der Waals surface area contributed by atoms with Gasteiger partial charge >= 0.3 is 0 Å². The van der Waals surface area contributed by atoms with Gasteiger partial charge in [0.15, 0.2) is 5.78 Å². The molecule has 144 valence electrons. The van der Waals surface area contributed by atoms with Crippen LogP contribution in [-0.2, 0) is 24.2 Å². The lowest BCUT2D eigenvalue weighted by Gasteiger charge is -2.16. The Hall–Kier alpha value is -2.47. The van der Waals surface area contributed by atoms with Crippen LogP contribution in [0.4, 0.5) is 4.39 Å². The number of Topliss-reactive ketones (excluding diaryl/α,β-unsaturated/α-hetero) is 1. The molecule has 2 N–H and O–H groups in total. The van der Waals surface area contributed by atoms with Crippen molar-refractivity contribution < 1.29 is 19.1 Å². The number of carbonyl (C=O) groups is 2. The van der Waals surface area contributed by atoms with E-state index in [0.29, 0.717) is 29.7 Å². The van der Waals surface area contributed by atoms with Gasteiger partial charge in [-0.05, 0) is 38.3 Å². The molecule has 0 fully saturated rings. The van der Waals surface area contributed by atoms with Crippen LogP contribution in [0.2, 0.25) is 0 Å². The lowest BCUT2D eigenvalue weighted by atomic mass is 9.92. The molecule has 1 amide bonds. The Kier molecular flexibility index (Phi) is 5.75. The van der Waals surface area contributed by atoms with Crippen molar-refractivity contribution in [2.45, 2.75) is 52.1 Å². The molecular formula is C21H25FN2O3. The average molecular weight is 372 g/mol. The van der Waals surface area contributed by atoms with Crippen molar-refractivity contribution in [3.63, 3.8) is 0 Å². The topological polar surface area (TPSA) is 71.3 Å². The first-order valence-corrected chi connectivity index (χ1v) is 9.30. The molecule has 3 rings (SSSR count). The quantitative estimate of drug-likeness (QED) is 0.819. The molecule has 1 heterocycles. The summed E-state index contributed by atoms with van der Waals surface area (Å²) in [6.45, 7) is 3.79. The summed E-state index contributed by atoms with van der Waals surface area (Å²) < 4.78 is 16.1. The normalized spacial score (nSPS) is 14.7. The highest BCUT2D eigenvalue weighted by atomic mass is 19.1. The number of hydrogen-bond acceptors (Lipinski definition) is 3. The molecule has 0 bridgehead atoms. The van der Waals surface area contributed by atoms with E-state index >= 15 is 0 Å². The summed E-state index contributed by atoms with van der Waals surface area (Å²) in [5, 5.41) is 11.8. The maximum absolute atomic E-state index is 14.1. The number of fused-ring (bicyclic) bond motifs is 1. The third kappa shape index (κ3) is 3.95. The number of hydrogen-bond donors (Lipinski definition) is 2. The van der Waals surface area contributed by atoms with E-state index in [1.54, 1.807) is 25.1 Å². The van der Waals surface area contributed by atoms with Crippen molar-refractivity contribution in [1.82, 2.24) is 9.88 Å². The van der Waals surface area contributed by atoms with Gasteiger partial charge in [0.2, 0.25) is 5.91 Å². The molecule has 6 heteroatoms. The molecule has 1 aromatic heterocycles. The Morgan fingerprint density at radius 2 is 2.07 bits per heavy atom. The highest BCUT2D eigenvalue weighted by Crippen LogP contribution is 2.31. The van der Waals surface area contributed by atoms with E-state index in [-0.39, 0.29) is 36.6 Å². The maximum atomic E-state index is 14.1. The number of benzene rings is 1. The van der Waals surface area contributed by atoms with Crippen LogP contribution in [0.5, 0.6) is 0 Å². The molecule has 0 unspecified atom stereocenters. The van der Waals surface area contributed by atoms with Gasteiger partial charge < -0.3 is 15.0 Å². The Morgan fingerprint density at radius 3 is 2.78 bits per heavy atom. The van der Waals surface area contributed by atoms with Crippen LogP contribution in [0, 0.1) is 12.7 Å². The smallest absolute Gasteiger partial charge is 0.224 e. The summed E-state index contributed by atoms with van der Waals surface area (Å²) in [6, 6.07) is 6.26. The molecule has 0 aliphatic heterocycles. The van der Waals surface area contributed by atoms with Crippen LogP contribution in [-0.4, -0.2) is 34.0 Å². The lowest BCUT2D eigenvalue weighted by Crippen LogP contribution is -2.36. The van der Waals surface area contributed by atoms with E-state index in [1.165, 1.54) is 6.07 Å². The summed E-state index contributed by atoms with van der Waals surface area (Å²) in [7, 11) is 0. The van der Waals surface area contributed by atoms with Crippen molar-refractivity contribution in [2.75, 3.05) is 6.61 Å². The van der Waals surface area contributed by atoms with Gasteiger partial charge in [0, 0.05) is 35.0 Å². The summed E-state index contributed by atoms with van der Waals surface area (Å²) in [6.07, 6.45) is 2.05. The van der Waals surface area contributed by atoms with Gasteiger partial charge in [-0.15, -0.1) is 0 Å². The molecule has 1 aliphatic carbocycles. The van der Waals surface area contributed by atoms with Gasteiger partial charge in [-0.1, -0.05) is 18.2 Å². The van der Waals surface area contributed by atoms with Crippen LogP contribution in [0.3, 0.4) is 0 Å². The Labute approximate surface area is 158 Å². The molecule has 0 spiro atoms. The number of ketones is 1. The average Bonchev–Trinajstić information content (AvgIpc) is 2.90. The fourth-order valence-electron chi connectivity index (χ4n) is 3.75. The van der Waals surface area contributed by atoms with Crippen molar-refractivity contribution >= 4 is 11.7 Å². The molecule has 1 atom stereocenters. The summed E-state index contributed by atoms with van der Waals surface area (Å²) in [4.78, 5) is 24.9. The van der Waals surface area contributed by atoms with E-state index in [1.807, 2.05) is 11.5 Å². The van der Waals surface area contributed by atoms with Crippen molar-refractivity contribution in [3.8, 4) is 0 Å². The lowest BCUT2D eigenvalue weighted by molar-refractivity contribution is -0.121. The van der Waals surface area contributed by atoms with Gasteiger partial charge in [-0.25, -0.2) is 4.39 Å². The number of nitrogens with one attached hydrogen (secondary N) is 1. The predicted octanol–water partition coefficient (Wildman–Crippen LogP) is 2.54. The fraction of sp³-hybridized carbons (Fsp3) is 0.429. The highest BCUT2D eigenvalue weighted by Gasteiger charge is 2.29. The monoisotopic (exact) mass is 372 g/mol. The first-order valence-electron chi connectivity index (χ1n) is 9.30. The first-order chi connectivity index (χ1) is 12.9. The van der Waals surface area contributed by atoms with Crippen LogP contribution >= 0.6 is 0 Å². The van der Waals surface area contributed by atoms with Crippen LogP contribution in [0.15, 0.2) is 24.3 Å². The largest absolute Gasteiger partial charge is 0.394 e. The Morgan fingerprint density at radius 1 is 1.33 bits per heavy atom.